The molecule has 2 N–H and O–H groups in total. The second-order valence-electron chi connectivity index (χ2n) is 4.85. The van der Waals surface area contributed by atoms with Crippen molar-refractivity contribution in [3.63, 3.8) is 0 Å². The highest BCUT2D eigenvalue weighted by Gasteiger charge is 2.27. The Kier molecular flexibility index (Phi) is 7.34. The molecule has 0 radical (unpaired) electrons. The van der Waals surface area contributed by atoms with Crippen LogP contribution in [0.5, 0.6) is 0 Å². The summed E-state index contributed by atoms with van der Waals surface area (Å²) in [6, 6.07) is 3.98. The van der Waals surface area contributed by atoms with E-state index in [4.69, 9.17) is 5.73 Å². The van der Waals surface area contributed by atoms with Gasteiger partial charge in [-0.15, -0.1) is 24.8 Å². The van der Waals surface area contributed by atoms with Crippen LogP contribution in [0, 0.1) is 12.8 Å². The van der Waals surface area contributed by atoms with Gasteiger partial charge in [0.05, 0.1) is 0 Å². The quantitative estimate of drug-likeness (QED) is 0.864. The summed E-state index contributed by atoms with van der Waals surface area (Å²) in [5.74, 6) is 0.388. The molecule has 108 valence electrons. The van der Waals surface area contributed by atoms with E-state index in [1.54, 1.807) is 6.20 Å². The molecular weight excluding hydrogens is 285 g/mol. The summed E-state index contributed by atoms with van der Waals surface area (Å²) in [4.78, 5) is 18.3. The number of halogens is 2. The van der Waals surface area contributed by atoms with Gasteiger partial charge in [0.1, 0.15) is 5.69 Å². The third kappa shape index (κ3) is 4.06. The number of aromatic nitrogens is 1. The highest BCUT2D eigenvalue weighted by molar-refractivity contribution is 5.93. The average Bonchev–Trinajstić information content (AvgIpc) is 2.32. The van der Waals surface area contributed by atoms with Crippen LogP contribution in [0.15, 0.2) is 18.3 Å². The van der Waals surface area contributed by atoms with Crippen LogP contribution in [0.2, 0.25) is 0 Å². The number of amides is 1. The minimum atomic E-state index is 0. The lowest BCUT2D eigenvalue weighted by Gasteiger charge is -2.35. The van der Waals surface area contributed by atoms with Crippen LogP contribution in [-0.4, -0.2) is 34.9 Å². The van der Waals surface area contributed by atoms with Crippen molar-refractivity contribution in [2.45, 2.75) is 26.3 Å². The van der Waals surface area contributed by atoms with Gasteiger partial charge < -0.3 is 10.6 Å². The molecule has 0 saturated carbocycles. The molecule has 1 aliphatic rings. The van der Waals surface area contributed by atoms with Crippen molar-refractivity contribution in [2.24, 2.45) is 11.7 Å². The van der Waals surface area contributed by atoms with Gasteiger partial charge in [-0.25, -0.2) is 0 Å². The lowest BCUT2D eigenvalue weighted by molar-refractivity contribution is 0.0657. The molecule has 0 spiro atoms. The number of aryl methyl sites for hydroxylation is 1. The van der Waals surface area contributed by atoms with Crippen molar-refractivity contribution in [1.82, 2.24) is 9.88 Å². The summed E-state index contributed by atoms with van der Waals surface area (Å²) in [5.41, 5.74) is 7.45. The van der Waals surface area contributed by atoms with E-state index >= 15 is 0 Å². The third-order valence-electron chi connectivity index (χ3n) is 3.47. The summed E-state index contributed by atoms with van der Waals surface area (Å²) < 4.78 is 0. The molecule has 1 aromatic heterocycles. The Balaban J connectivity index is 0.00000162. The van der Waals surface area contributed by atoms with Gasteiger partial charge in [0.15, 0.2) is 0 Å². The first kappa shape index (κ1) is 18.2. The number of carbonyl (C=O) groups is 1. The van der Waals surface area contributed by atoms with Crippen LogP contribution in [0.25, 0.3) is 0 Å². The third-order valence-corrected chi connectivity index (χ3v) is 3.47. The van der Waals surface area contributed by atoms with Gasteiger partial charge in [-0.05, 0) is 30.9 Å². The van der Waals surface area contributed by atoms with Crippen molar-refractivity contribution >= 4 is 30.7 Å². The minimum Gasteiger partial charge on any atom is -0.337 e. The molecule has 6 heteroatoms. The molecule has 2 unspecified atom stereocenters. The largest absolute Gasteiger partial charge is 0.337 e. The molecule has 19 heavy (non-hydrogen) atoms. The number of likely N-dealkylation sites (tertiary alicyclic amines) is 1. The lowest BCUT2D eigenvalue weighted by atomic mass is 9.94. The first-order chi connectivity index (χ1) is 8.09. The van der Waals surface area contributed by atoms with E-state index in [9.17, 15) is 4.79 Å². The van der Waals surface area contributed by atoms with Gasteiger partial charge in [0.2, 0.25) is 0 Å². The van der Waals surface area contributed by atoms with E-state index in [0.29, 0.717) is 11.6 Å². The van der Waals surface area contributed by atoms with Gasteiger partial charge in [0, 0.05) is 25.3 Å². The molecule has 2 atom stereocenters. The summed E-state index contributed by atoms with van der Waals surface area (Å²) in [7, 11) is 0. The van der Waals surface area contributed by atoms with Crippen LogP contribution in [0.1, 0.15) is 29.4 Å². The van der Waals surface area contributed by atoms with Crippen LogP contribution in [0.3, 0.4) is 0 Å². The molecule has 0 bridgehead atoms. The number of hydrogen-bond donors (Lipinski definition) is 1. The highest BCUT2D eigenvalue weighted by Crippen LogP contribution is 2.17. The van der Waals surface area contributed by atoms with Gasteiger partial charge >= 0.3 is 0 Å². The van der Waals surface area contributed by atoms with Gasteiger partial charge in [-0.3, -0.25) is 9.78 Å². The van der Waals surface area contributed by atoms with Crippen molar-refractivity contribution in [1.29, 1.82) is 0 Å². The Hall–Kier alpha value is -0.840. The van der Waals surface area contributed by atoms with Crippen molar-refractivity contribution < 1.29 is 4.79 Å². The van der Waals surface area contributed by atoms with Crippen LogP contribution < -0.4 is 5.73 Å². The van der Waals surface area contributed by atoms with Gasteiger partial charge in [-0.1, -0.05) is 13.0 Å². The summed E-state index contributed by atoms with van der Waals surface area (Å²) in [5, 5.41) is 0. The molecule has 0 aliphatic carbocycles. The van der Waals surface area contributed by atoms with Crippen molar-refractivity contribution in [2.75, 3.05) is 13.1 Å². The molecule has 1 aliphatic heterocycles. The van der Waals surface area contributed by atoms with E-state index in [-0.39, 0.29) is 36.8 Å². The molecule has 0 aromatic carbocycles. The Bertz CT molecular complexity index is 428. The second kappa shape index (κ2) is 7.68. The maximum atomic E-state index is 12.3. The number of nitrogens with zero attached hydrogens (tertiary/aromatic N) is 2. The Morgan fingerprint density at radius 1 is 1.47 bits per heavy atom. The highest BCUT2D eigenvalue weighted by atomic mass is 35.5. The zero-order valence-electron chi connectivity index (χ0n) is 11.2. The fourth-order valence-electron chi connectivity index (χ4n) is 2.21. The van der Waals surface area contributed by atoms with E-state index < -0.39 is 0 Å². The molecule has 1 aromatic rings. The first-order valence-corrected chi connectivity index (χ1v) is 6.06. The number of piperidine rings is 1. The number of carbonyl (C=O) groups excluding carboxylic acids is 1. The Labute approximate surface area is 126 Å². The van der Waals surface area contributed by atoms with Crippen LogP contribution in [-0.2, 0) is 0 Å². The maximum absolute atomic E-state index is 12.3. The standard InChI is InChI=1S/C13H19N3O.2ClH/c1-9-4-3-6-15-12(9)13(17)16-7-5-11(14)10(2)8-16;;/h3-4,6,10-11H,5,7-8,14H2,1-2H3;2*1H. The van der Waals surface area contributed by atoms with Gasteiger partial charge in [-0.2, -0.15) is 0 Å². The van der Waals surface area contributed by atoms with E-state index in [2.05, 4.69) is 11.9 Å². The average molecular weight is 306 g/mol. The zero-order chi connectivity index (χ0) is 12.4. The Morgan fingerprint density at radius 2 is 2.16 bits per heavy atom. The number of pyridine rings is 1. The van der Waals surface area contributed by atoms with E-state index in [0.717, 1.165) is 25.1 Å². The molecule has 4 nitrogen and oxygen atoms in total. The van der Waals surface area contributed by atoms with Crippen molar-refractivity contribution in [3.8, 4) is 0 Å². The Morgan fingerprint density at radius 3 is 2.74 bits per heavy atom. The molecule has 1 fully saturated rings. The van der Waals surface area contributed by atoms with Gasteiger partial charge in [0.25, 0.3) is 5.91 Å². The predicted molar refractivity (Wildman–Crippen MR) is 81.1 cm³/mol. The predicted octanol–water partition coefficient (Wildman–Crippen LogP) is 2.04. The topological polar surface area (TPSA) is 59.2 Å². The summed E-state index contributed by atoms with van der Waals surface area (Å²) in [6.45, 7) is 5.48. The van der Waals surface area contributed by atoms with Crippen LogP contribution >= 0.6 is 24.8 Å². The fraction of sp³-hybridized carbons (Fsp3) is 0.538. The number of rotatable bonds is 1. The zero-order valence-corrected chi connectivity index (χ0v) is 12.8. The molecule has 2 rings (SSSR count). The van der Waals surface area contributed by atoms with Crippen molar-refractivity contribution in [3.05, 3.63) is 29.6 Å². The van der Waals surface area contributed by atoms with Crippen LogP contribution in [0.4, 0.5) is 0 Å². The minimum absolute atomic E-state index is 0. The SMILES string of the molecule is Cc1cccnc1C(=O)N1CCC(N)C(C)C1.Cl.Cl. The summed E-state index contributed by atoms with van der Waals surface area (Å²) >= 11 is 0. The monoisotopic (exact) mass is 305 g/mol. The number of nitrogens with two attached hydrogens (primary N) is 1. The fourth-order valence-corrected chi connectivity index (χ4v) is 2.21. The maximum Gasteiger partial charge on any atom is 0.272 e. The lowest BCUT2D eigenvalue weighted by Crippen LogP contribution is -2.48. The molecule has 2 heterocycles. The normalized spacial score (nSPS) is 22.2. The second-order valence-corrected chi connectivity index (χ2v) is 4.85. The first-order valence-electron chi connectivity index (χ1n) is 6.06. The summed E-state index contributed by atoms with van der Waals surface area (Å²) in [6.07, 6.45) is 2.54. The molecular formula is C13H21Cl2N3O. The number of hydrogen-bond acceptors (Lipinski definition) is 3. The molecule has 1 saturated heterocycles. The van der Waals surface area contributed by atoms with E-state index in [1.807, 2.05) is 24.0 Å². The smallest absolute Gasteiger partial charge is 0.272 e. The van der Waals surface area contributed by atoms with E-state index in [1.165, 1.54) is 0 Å². The molecule has 1 amide bonds.